The van der Waals surface area contributed by atoms with E-state index in [0.717, 1.165) is 45.6 Å². The molecule has 0 aromatic carbocycles. The number of hydrogen-bond acceptors (Lipinski definition) is 3. The summed E-state index contributed by atoms with van der Waals surface area (Å²) in [7, 11) is 2.08. The molecule has 2 saturated heterocycles. The van der Waals surface area contributed by atoms with Gasteiger partial charge in [0.15, 0.2) is 0 Å². The second-order valence-corrected chi connectivity index (χ2v) is 4.82. The molecular formula is C11H22N4O. The van der Waals surface area contributed by atoms with Crippen molar-refractivity contribution in [1.29, 1.82) is 0 Å². The van der Waals surface area contributed by atoms with Crippen LogP contribution in [0.3, 0.4) is 0 Å². The Kier molecular flexibility index (Phi) is 3.66. The molecule has 2 N–H and O–H groups in total. The summed E-state index contributed by atoms with van der Waals surface area (Å²) in [4.78, 5) is 18.4. The molecule has 92 valence electrons. The van der Waals surface area contributed by atoms with Crippen LogP contribution in [-0.2, 0) is 0 Å². The van der Waals surface area contributed by atoms with Crippen LogP contribution in [0.15, 0.2) is 0 Å². The first-order chi connectivity index (χ1) is 7.72. The lowest BCUT2D eigenvalue weighted by molar-refractivity contribution is 0.0926. The van der Waals surface area contributed by atoms with Gasteiger partial charge in [0.1, 0.15) is 0 Å². The third-order valence-corrected chi connectivity index (χ3v) is 3.58. The van der Waals surface area contributed by atoms with Gasteiger partial charge in [-0.3, -0.25) is 0 Å². The molecule has 0 saturated carbocycles. The summed E-state index contributed by atoms with van der Waals surface area (Å²) in [5, 5.41) is 0. The highest BCUT2D eigenvalue weighted by Crippen LogP contribution is 2.15. The minimum atomic E-state index is 0.187. The lowest BCUT2D eigenvalue weighted by Gasteiger charge is -2.41. The fourth-order valence-electron chi connectivity index (χ4n) is 2.55. The molecule has 16 heavy (non-hydrogen) atoms. The number of likely N-dealkylation sites (tertiary alicyclic amines) is 1. The van der Waals surface area contributed by atoms with E-state index in [2.05, 4.69) is 11.9 Å². The maximum atomic E-state index is 12.3. The average molecular weight is 226 g/mol. The maximum Gasteiger partial charge on any atom is 0.320 e. The zero-order valence-electron chi connectivity index (χ0n) is 10.1. The van der Waals surface area contributed by atoms with Crippen LogP contribution in [0, 0.1) is 0 Å². The van der Waals surface area contributed by atoms with E-state index in [1.165, 1.54) is 0 Å². The predicted molar refractivity (Wildman–Crippen MR) is 63.2 cm³/mol. The highest BCUT2D eigenvalue weighted by molar-refractivity contribution is 5.75. The number of likely N-dealkylation sites (N-methyl/N-ethyl adjacent to an activating group) is 1. The van der Waals surface area contributed by atoms with E-state index in [1.54, 1.807) is 0 Å². The van der Waals surface area contributed by atoms with Crippen molar-refractivity contribution in [3.8, 4) is 0 Å². The average Bonchev–Trinajstić information content (AvgIpc) is 2.81. The number of urea groups is 1. The van der Waals surface area contributed by atoms with Gasteiger partial charge in [-0.15, -0.1) is 0 Å². The topological polar surface area (TPSA) is 52.8 Å². The molecule has 2 fully saturated rings. The normalized spacial score (nSPS) is 27.5. The Hall–Kier alpha value is -0.810. The SMILES string of the molecule is CN1CCN(C(=O)N2CCCC2)C(CN)C1. The van der Waals surface area contributed by atoms with Gasteiger partial charge in [-0.05, 0) is 19.9 Å². The number of hydrogen-bond donors (Lipinski definition) is 1. The smallest absolute Gasteiger partial charge is 0.320 e. The van der Waals surface area contributed by atoms with Crippen LogP contribution in [-0.4, -0.2) is 73.1 Å². The molecule has 0 aromatic rings. The van der Waals surface area contributed by atoms with Crippen LogP contribution < -0.4 is 5.73 Å². The van der Waals surface area contributed by atoms with Gasteiger partial charge in [-0.2, -0.15) is 0 Å². The fourth-order valence-corrected chi connectivity index (χ4v) is 2.55. The monoisotopic (exact) mass is 226 g/mol. The van der Waals surface area contributed by atoms with Crippen LogP contribution in [0.5, 0.6) is 0 Å². The van der Waals surface area contributed by atoms with Gasteiger partial charge in [-0.25, -0.2) is 4.79 Å². The van der Waals surface area contributed by atoms with Crippen molar-refractivity contribution in [1.82, 2.24) is 14.7 Å². The molecule has 2 heterocycles. The Balaban J connectivity index is 1.98. The largest absolute Gasteiger partial charge is 0.328 e. The van der Waals surface area contributed by atoms with E-state index in [0.29, 0.717) is 6.54 Å². The second kappa shape index (κ2) is 5.01. The standard InChI is InChI=1S/C11H22N4O/c1-13-6-7-15(10(8-12)9-13)11(16)14-4-2-3-5-14/h10H,2-9,12H2,1H3. The van der Waals surface area contributed by atoms with Gasteiger partial charge >= 0.3 is 6.03 Å². The summed E-state index contributed by atoms with van der Waals surface area (Å²) < 4.78 is 0. The summed E-state index contributed by atoms with van der Waals surface area (Å²) in [5.74, 6) is 0. The number of nitrogens with zero attached hydrogens (tertiary/aromatic N) is 3. The number of piperazine rings is 1. The number of amides is 2. The first-order valence-electron chi connectivity index (χ1n) is 6.16. The molecule has 0 aliphatic carbocycles. The molecule has 2 rings (SSSR count). The number of carbonyl (C=O) groups excluding carboxylic acids is 1. The summed E-state index contributed by atoms with van der Waals surface area (Å²) in [6, 6.07) is 0.382. The maximum absolute atomic E-state index is 12.3. The van der Waals surface area contributed by atoms with Crippen molar-refractivity contribution >= 4 is 6.03 Å². The third-order valence-electron chi connectivity index (χ3n) is 3.58. The highest BCUT2D eigenvalue weighted by atomic mass is 16.2. The van der Waals surface area contributed by atoms with E-state index in [1.807, 2.05) is 9.80 Å². The molecule has 2 amide bonds. The number of carbonyl (C=O) groups is 1. The Bertz CT molecular complexity index is 252. The molecular weight excluding hydrogens is 204 g/mol. The summed E-state index contributed by atoms with van der Waals surface area (Å²) in [5.41, 5.74) is 5.75. The molecule has 1 atom stereocenters. The predicted octanol–water partition coefficient (Wildman–Crippen LogP) is -0.223. The lowest BCUT2D eigenvalue weighted by atomic mass is 10.2. The van der Waals surface area contributed by atoms with E-state index >= 15 is 0 Å². The van der Waals surface area contributed by atoms with E-state index < -0.39 is 0 Å². The Labute approximate surface area is 97.2 Å². The van der Waals surface area contributed by atoms with Crippen molar-refractivity contribution in [2.24, 2.45) is 5.73 Å². The third kappa shape index (κ3) is 2.30. The number of nitrogens with two attached hydrogens (primary N) is 1. The van der Waals surface area contributed by atoms with E-state index in [4.69, 9.17) is 5.73 Å². The second-order valence-electron chi connectivity index (χ2n) is 4.82. The van der Waals surface area contributed by atoms with Gasteiger partial charge < -0.3 is 20.4 Å². The van der Waals surface area contributed by atoms with Crippen molar-refractivity contribution in [2.75, 3.05) is 46.3 Å². The minimum Gasteiger partial charge on any atom is -0.328 e. The van der Waals surface area contributed by atoms with Crippen LogP contribution in [0.1, 0.15) is 12.8 Å². The number of rotatable bonds is 1. The molecule has 0 aromatic heterocycles. The van der Waals surface area contributed by atoms with Gasteiger partial charge in [0, 0.05) is 39.3 Å². The van der Waals surface area contributed by atoms with Gasteiger partial charge in [0.05, 0.1) is 6.04 Å². The van der Waals surface area contributed by atoms with E-state index in [9.17, 15) is 4.79 Å². The Morgan fingerprint density at radius 2 is 1.94 bits per heavy atom. The Morgan fingerprint density at radius 1 is 1.25 bits per heavy atom. The summed E-state index contributed by atoms with van der Waals surface area (Å²) >= 11 is 0. The van der Waals surface area contributed by atoms with Crippen LogP contribution in [0.2, 0.25) is 0 Å². The quantitative estimate of drug-likeness (QED) is 0.672. The Morgan fingerprint density at radius 3 is 2.56 bits per heavy atom. The van der Waals surface area contributed by atoms with Crippen LogP contribution in [0.25, 0.3) is 0 Å². The molecule has 0 bridgehead atoms. The van der Waals surface area contributed by atoms with Crippen molar-refractivity contribution in [2.45, 2.75) is 18.9 Å². The molecule has 1 unspecified atom stereocenters. The van der Waals surface area contributed by atoms with Crippen molar-refractivity contribution in [3.63, 3.8) is 0 Å². The van der Waals surface area contributed by atoms with Gasteiger partial charge in [0.2, 0.25) is 0 Å². The summed E-state index contributed by atoms with van der Waals surface area (Å²) in [6.45, 7) is 5.06. The van der Waals surface area contributed by atoms with Crippen molar-refractivity contribution < 1.29 is 4.79 Å². The molecule has 5 nitrogen and oxygen atoms in total. The van der Waals surface area contributed by atoms with Crippen LogP contribution >= 0.6 is 0 Å². The zero-order valence-corrected chi connectivity index (χ0v) is 10.1. The molecule has 2 aliphatic rings. The molecule has 0 spiro atoms. The highest BCUT2D eigenvalue weighted by Gasteiger charge is 2.31. The van der Waals surface area contributed by atoms with Gasteiger partial charge in [-0.1, -0.05) is 0 Å². The van der Waals surface area contributed by atoms with Gasteiger partial charge in [0.25, 0.3) is 0 Å². The lowest BCUT2D eigenvalue weighted by Crippen LogP contribution is -2.59. The van der Waals surface area contributed by atoms with Crippen molar-refractivity contribution in [3.05, 3.63) is 0 Å². The first kappa shape index (κ1) is 11.7. The molecule has 0 radical (unpaired) electrons. The molecule has 2 aliphatic heterocycles. The van der Waals surface area contributed by atoms with E-state index in [-0.39, 0.29) is 12.1 Å². The fraction of sp³-hybridized carbons (Fsp3) is 0.909. The zero-order chi connectivity index (χ0) is 11.5. The first-order valence-corrected chi connectivity index (χ1v) is 6.16. The van der Waals surface area contributed by atoms with Crippen LogP contribution in [0.4, 0.5) is 4.79 Å². The molecule has 5 heteroatoms. The minimum absolute atomic E-state index is 0.187. The summed E-state index contributed by atoms with van der Waals surface area (Å²) in [6.07, 6.45) is 2.29.